The van der Waals surface area contributed by atoms with E-state index in [1.165, 1.54) is 12.4 Å². The van der Waals surface area contributed by atoms with Crippen LogP contribution in [0, 0.1) is 11.3 Å². The molecule has 4 aromatic rings. The van der Waals surface area contributed by atoms with Gasteiger partial charge in [0, 0.05) is 36.4 Å². The lowest BCUT2D eigenvalue weighted by Gasteiger charge is -2.17. The van der Waals surface area contributed by atoms with Gasteiger partial charge in [-0.25, -0.2) is 15.0 Å². The number of H-pyrrole nitrogens is 1. The van der Waals surface area contributed by atoms with Gasteiger partial charge in [0.1, 0.15) is 23.6 Å². The van der Waals surface area contributed by atoms with Crippen LogP contribution < -0.4 is 10.1 Å². The van der Waals surface area contributed by atoms with Crippen molar-refractivity contribution >= 4 is 17.0 Å². The van der Waals surface area contributed by atoms with Crippen LogP contribution in [0.25, 0.3) is 22.3 Å². The first-order valence-electron chi connectivity index (χ1n) is 11.7. The summed E-state index contributed by atoms with van der Waals surface area (Å²) in [6.45, 7) is 3.87. The van der Waals surface area contributed by atoms with Gasteiger partial charge in [0.25, 0.3) is 0 Å². The van der Waals surface area contributed by atoms with Crippen LogP contribution in [0.3, 0.4) is 0 Å². The van der Waals surface area contributed by atoms with E-state index in [2.05, 4.69) is 37.2 Å². The van der Waals surface area contributed by atoms with Crippen molar-refractivity contribution in [3.63, 3.8) is 0 Å². The van der Waals surface area contributed by atoms with Crippen LogP contribution >= 0.6 is 0 Å². The van der Waals surface area contributed by atoms with Crippen LogP contribution in [0.5, 0.6) is 5.75 Å². The number of rotatable bonds is 6. The Morgan fingerprint density at radius 3 is 2.68 bits per heavy atom. The topological polar surface area (TPSA) is 103 Å². The van der Waals surface area contributed by atoms with E-state index in [0.29, 0.717) is 5.56 Å². The number of nitrogens with one attached hydrogen (secondary N) is 2. The van der Waals surface area contributed by atoms with Crippen molar-refractivity contribution in [1.82, 2.24) is 24.8 Å². The summed E-state index contributed by atoms with van der Waals surface area (Å²) in [5.41, 5.74) is 1.03. The van der Waals surface area contributed by atoms with E-state index in [1.54, 1.807) is 0 Å². The SMILES string of the molecule is C[C@H](Nc1ncc(C#N)c(-c2c[nH]c3ncc(C(F)(F)F)cc23)n1)c1ccc(OC2CCN(C)C2)cc1. The summed E-state index contributed by atoms with van der Waals surface area (Å²) in [4.78, 5) is 17.7. The molecule has 1 aromatic carbocycles. The van der Waals surface area contributed by atoms with E-state index in [9.17, 15) is 18.4 Å². The second kappa shape index (κ2) is 9.71. The molecule has 1 fully saturated rings. The molecule has 11 heteroatoms. The quantitative estimate of drug-likeness (QED) is 0.371. The number of pyridine rings is 1. The molecule has 0 radical (unpaired) electrons. The zero-order valence-corrected chi connectivity index (χ0v) is 20.2. The van der Waals surface area contributed by atoms with Crippen molar-refractivity contribution in [1.29, 1.82) is 5.26 Å². The molecular formula is C26H24F3N7O. The third-order valence-electron chi connectivity index (χ3n) is 6.40. The van der Waals surface area contributed by atoms with Crippen LogP contribution in [0.4, 0.5) is 19.1 Å². The molecule has 1 unspecified atom stereocenters. The van der Waals surface area contributed by atoms with Crippen molar-refractivity contribution in [3.8, 4) is 23.1 Å². The minimum Gasteiger partial charge on any atom is -0.489 e. The molecule has 0 bridgehead atoms. The first-order valence-corrected chi connectivity index (χ1v) is 11.7. The van der Waals surface area contributed by atoms with Crippen molar-refractivity contribution in [3.05, 3.63) is 65.6 Å². The highest BCUT2D eigenvalue weighted by Gasteiger charge is 2.32. The third kappa shape index (κ3) is 5.20. The van der Waals surface area contributed by atoms with Gasteiger partial charge in [0.05, 0.1) is 29.1 Å². The Hall–Kier alpha value is -4.17. The van der Waals surface area contributed by atoms with Crippen LogP contribution in [0.2, 0.25) is 0 Å². The molecule has 1 aliphatic rings. The van der Waals surface area contributed by atoms with Crippen LogP contribution in [0.1, 0.15) is 36.1 Å². The zero-order chi connectivity index (χ0) is 26.2. The fourth-order valence-electron chi connectivity index (χ4n) is 4.39. The number of halogens is 3. The Balaban J connectivity index is 1.38. The molecule has 190 valence electrons. The van der Waals surface area contributed by atoms with Gasteiger partial charge in [-0.05, 0) is 44.2 Å². The Kier molecular flexibility index (Phi) is 6.43. The molecule has 0 saturated carbocycles. The summed E-state index contributed by atoms with van der Waals surface area (Å²) in [6.07, 6.45) is 0.255. The van der Waals surface area contributed by atoms with Gasteiger partial charge in [-0.3, -0.25) is 0 Å². The molecule has 5 rings (SSSR count). The Morgan fingerprint density at radius 1 is 1.22 bits per heavy atom. The fourth-order valence-corrected chi connectivity index (χ4v) is 4.39. The van der Waals surface area contributed by atoms with Crippen molar-refractivity contribution in [2.75, 3.05) is 25.5 Å². The van der Waals surface area contributed by atoms with Gasteiger partial charge in [0.2, 0.25) is 5.95 Å². The van der Waals surface area contributed by atoms with Gasteiger partial charge in [-0.1, -0.05) is 12.1 Å². The molecule has 4 heterocycles. The summed E-state index contributed by atoms with van der Waals surface area (Å²) in [5, 5.41) is 13.0. The number of nitrogens with zero attached hydrogens (tertiary/aromatic N) is 5. The van der Waals surface area contributed by atoms with E-state index in [0.717, 1.165) is 43.1 Å². The number of aromatic nitrogens is 4. The first-order chi connectivity index (χ1) is 17.7. The molecule has 8 nitrogen and oxygen atoms in total. The smallest absolute Gasteiger partial charge is 0.417 e. The van der Waals surface area contributed by atoms with Crippen LogP contribution in [0.15, 0.2) is 48.9 Å². The maximum absolute atomic E-state index is 13.3. The fraction of sp³-hybridized carbons (Fsp3) is 0.308. The molecule has 0 aliphatic carbocycles. The van der Waals surface area contributed by atoms with Crippen LogP contribution in [-0.4, -0.2) is 51.1 Å². The third-order valence-corrected chi connectivity index (χ3v) is 6.40. The van der Waals surface area contributed by atoms with Gasteiger partial charge in [0.15, 0.2) is 0 Å². The van der Waals surface area contributed by atoms with Crippen molar-refractivity contribution in [2.45, 2.75) is 31.7 Å². The normalized spacial score (nSPS) is 17.0. The number of hydrogen-bond acceptors (Lipinski definition) is 7. The molecule has 0 amide bonds. The number of likely N-dealkylation sites (tertiary alicyclic amines) is 1. The van der Waals surface area contributed by atoms with Gasteiger partial charge in [-0.2, -0.15) is 18.4 Å². The minimum atomic E-state index is -4.55. The van der Waals surface area contributed by atoms with Crippen LogP contribution in [-0.2, 0) is 6.18 Å². The zero-order valence-electron chi connectivity index (χ0n) is 20.2. The minimum absolute atomic E-state index is 0.135. The lowest BCUT2D eigenvalue weighted by Crippen LogP contribution is -2.21. The monoisotopic (exact) mass is 507 g/mol. The van der Waals surface area contributed by atoms with Gasteiger partial charge >= 0.3 is 6.18 Å². The Labute approximate surface area is 211 Å². The number of nitriles is 1. The summed E-state index contributed by atoms with van der Waals surface area (Å²) in [5.74, 6) is 1.05. The molecule has 2 atom stereocenters. The standard InChI is InChI=1S/C26H24F3N7O/c1-15(16-3-5-19(6-4-16)37-20-7-8-36(2)14-20)34-25-33-11-17(10-30)23(35-25)22-13-32-24-21(22)9-18(12-31-24)26(27,28)29/h3-6,9,11-13,15,20H,7-8,14H2,1-2H3,(H,31,32)(H,33,34,35)/t15-,20?/m0/s1. The summed E-state index contributed by atoms with van der Waals surface area (Å²) in [7, 11) is 2.08. The lowest BCUT2D eigenvalue weighted by molar-refractivity contribution is -0.137. The predicted molar refractivity (Wildman–Crippen MR) is 132 cm³/mol. The highest BCUT2D eigenvalue weighted by molar-refractivity contribution is 5.94. The predicted octanol–water partition coefficient (Wildman–Crippen LogP) is 5.17. The number of ether oxygens (including phenoxy) is 1. The molecule has 2 N–H and O–H groups in total. The molecular weight excluding hydrogens is 483 g/mol. The lowest BCUT2D eigenvalue weighted by atomic mass is 10.1. The summed E-state index contributed by atoms with van der Waals surface area (Å²) >= 11 is 0. The molecule has 0 spiro atoms. The number of fused-ring (bicyclic) bond motifs is 1. The summed E-state index contributed by atoms with van der Waals surface area (Å²) < 4.78 is 45.8. The molecule has 3 aromatic heterocycles. The number of benzene rings is 1. The second-order valence-corrected chi connectivity index (χ2v) is 9.11. The number of aromatic amines is 1. The number of hydrogen-bond donors (Lipinski definition) is 2. The van der Waals surface area contributed by atoms with Gasteiger partial charge < -0.3 is 19.9 Å². The van der Waals surface area contributed by atoms with Gasteiger partial charge in [-0.15, -0.1) is 0 Å². The van der Waals surface area contributed by atoms with E-state index in [4.69, 9.17) is 4.74 Å². The molecule has 1 saturated heterocycles. The average Bonchev–Trinajstić information content (AvgIpc) is 3.49. The molecule has 37 heavy (non-hydrogen) atoms. The van der Waals surface area contributed by atoms with Crippen molar-refractivity contribution < 1.29 is 17.9 Å². The maximum Gasteiger partial charge on any atom is 0.417 e. The molecule has 1 aliphatic heterocycles. The Bertz CT molecular complexity index is 1460. The maximum atomic E-state index is 13.3. The van der Waals surface area contributed by atoms with E-state index >= 15 is 0 Å². The second-order valence-electron chi connectivity index (χ2n) is 9.11. The number of anilines is 1. The van der Waals surface area contributed by atoms with E-state index in [1.807, 2.05) is 37.3 Å². The van der Waals surface area contributed by atoms with Crippen molar-refractivity contribution in [2.24, 2.45) is 0 Å². The summed E-state index contributed by atoms with van der Waals surface area (Å²) in [6, 6.07) is 10.6. The van der Waals surface area contributed by atoms with E-state index < -0.39 is 11.7 Å². The highest BCUT2D eigenvalue weighted by Crippen LogP contribution is 2.35. The first kappa shape index (κ1) is 24.5. The number of alkyl halides is 3. The number of likely N-dealkylation sites (N-methyl/N-ethyl adjacent to an activating group) is 1. The van der Waals surface area contributed by atoms with E-state index in [-0.39, 0.29) is 40.4 Å². The Morgan fingerprint density at radius 2 is 2.00 bits per heavy atom. The average molecular weight is 508 g/mol. The largest absolute Gasteiger partial charge is 0.489 e. The highest BCUT2D eigenvalue weighted by atomic mass is 19.4.